The lowest BCUT2D eigenvalue weighted by Crippen LogP contribution is -2.19. The van der Waals surface area contributed by atoms with Gasteiger partial charge >= 0.3 is 0 Å². The topological polar surface area (TPSA) is 24.1 Å². The molecular formula is C14H12ClFN2S. The van der Waals surface area contributed by atoms with Crippen molar-refractivity contribution in [2.75, 3.05) is 10.6 Å². The molecule has 0 heterocycles. The van der Waals surface area contributed by atoms with Crippen LogP contribution in [-0.4, -0.2) is 5.11 Å². The summed E-state index contributed by atoms with van der Waals surface area (Å²) in [7, 11) is 0. The van der Waals surface area contributed by atoms with E-state index in [1.54, 1.807) is 30.3 Å². The molecule has 5 heteroatoms. The highest BCUT2D eigenvalue weighted by molar-refractivity contribution is 7.80. The van der Waals surface area contributed by atoms with Crippen LogP contribution in [0.3, 0.4) is 0 Å². The summed E-state index contributed by atoms with van der Waals surface area (Å²) in [6.07, 6.45) is 0. The van der Waals surface area contributed by atoms with E-state index in [0.717, 1.165) is 11.3 Å². The number of nitrogens with one attached hydrogen (secondary N) is 2. The Morgan fingerprint density at radius 2 is 1.79 bits per heavy atom. The van der Waals surface area contributed by atoms with Crippen molar-refractivity contribution >= 4 is 40.3 Å². The van der Waals surface area contributed by atoms with Crippen LogP contribution in [0, 0.1) is 12.7 Å². The third-order valence-electron chi connectivity index (χ3n) is 2.47. The fraction of sp³-hybridized carbons (Fsp3) is 0.0714. The summed E-state index contributed by atoms with van der Waals surface area (Å²) in [5, 5.41) is 6.74. The average Bonchev–Trinajstić information content (AvgIpc) is 2.36. The molecule has 2 N–H and O–H groups in total. The molecular weight excluding hydrogens is 283 g/mol. The first kappa shape index (κ1) is 13.8. The predicted octanol–water partition coefficient (Wildman–Crippen LogP) is 4.60. The van der Waals surface area contributed by atoms with Crippen LogP contribution < -0.4 is 10.6 Å². The molecule has 0 saturated carbocycles. The highest BCUT2D eigenvalue weighted by Gasteiger charge is 2.04. The van der Waals surface area contributed by atoms with E-state index in [9.17, 15) is 4.39 Å². The monoisotopic (exact) mass is 294 g/mol. The Hall–Kier alpha value is -1.65. The number of hydrogen-bond donors (Lipinski definition) is 2. The van der Waals surface area contributed by atoms with Gasteiger partial charge in [-0.1, -0.05) is 17.7 Å². The minimum absolute atomic E-state index is 0.324. The normalized spacial score (nSPS) is 10.1. The van der Waals surface area contributed by atoms with E-state index in [1.807, 2.05) is 13.0 Å². The van der Waals surface area contributed by atoms with E-state index in [-0.39, 0.29) is 5.82 Å². The first-order valence-electron chi connectivity index (χ1n) is 5.64. The Labute approximate surface area is 121 Å². The van der Waals surface area contributed by atoms with Gasteiger partial charge in [-0.25, -0.2) is 4.39 Å². The lowest BCUT2D eigenvalue weighted by Gasteiger charge is -2.11. The van der Waals surface area contributed by atoms with Crippen molar-refractivity contribution in [1.29, 1.82) is 0 Å². The first-order valence-corrected chi connectivity index (χ1v) is 6.43. The summed E-state index contributed by atoms with van der Waals surface area (Å²) >= 11 is 10.9. The maximum Gasteiger partial charge on any atom is 0.175 e. The molecule has 2 aromatic rings. The van der Waals surface area contributed by atoms with Crippen molar-refractivity contribution in [2.24, 2.45) is 0 Å². The van der Waals surface area contributed by atoms with Gasteiger partial charge in [0, 0.05) is 10.7 Å². The molecule has 0 aliphatic carbocycles. The SMILES string of the molecule is Cc1ccc(NC(=S)Nc2ccc(Cl)cc2)c(F)c1. The largest absolute Gasteiger partial charge is 0.332 e. The van der Waals surface area contributed by atoms with Gasteiger partial charge in [-0.3, -0.25) is 0 Å². The zero-order chi connectivity index (χ0) is 13.8. The first-order chi connectivity index (χ1) is 9.04. The molecule has 2 rings (SSSR count). The highest BCUT2D eigenvalue weighted by atomic mass is 35.5. The Bertz CT molecular complexity index is 599. The van der Waals surface area contributed by atoms with Gasteiger partial charge < -0.3 is 10.6 Å². The van der Waals surface area contributed by atoms with Crippen LogP contribution in [0.1, 0.15) is 5.56 Å². The van der Waals surface area contributed by atoms with Gasteiger partial charge in [-0.05, 0) is 61.1 Å². The second-order valence-electron chi connectivity index (χ2n) is 4.07. The van der Waals surface area contributed by atoms with Gasteiger partial charge in [0.2, 0.25) is 0 Å². The molecule has 0 fully saturated rings. The number of aryl methyl sites for hydroxylation is 1. The standard InChI is InChI=1S/C14H12ClFN2S/c1-9-2-7-13(12(16)8-9)18-14(19)17-11-5-3-10(15)4-6-11/h2-8H,1H3,(H2,17,18,19). The van der Waals surface area contributed by atoms with Crippen LogP contribution in [0.25, 0.3) is 0 Å². The van der Waals surface area contributed by atoms with Crippen LogP contribution >= 0.6 is 23.8 Å². The molecule has 0 aromatic heterocycles. The van der Waals surface area contributed by atoms with E-state index >= 15 is 0 Å². The molecule has 0 atom stereocenters. The molecule has 0 radical (unpaired) electrons. The number of rotatable bonds is 2. The molecule has 0 amide bonds. The Kier molecular flexibility index (Phi) is 4.35. The summed E-state index contributed by atoms with van der Waals surface area (Å²) in [5.74, 6) is -0.333. The molecule has 0 aliphatic rings. The molecule has 2 aromatic carbocycles. The van der Waals surface area contributed by atoms with Crippen molar-refractivity contribution in [3.05, 3.63) is 58.9 Å². The second kappa shape index (κ2) is 5.99. The van der Waals surface area contributed by atoms with Crippen LogP contribution in [0.4, 0.5) is 15.8 Å². The molecule has 0 aliphatic heterocycles. The molecule has 98 valence electrons. The zero-order valence-electron chi connectivity index (χ0n) is 10.2. The van der Waals surface area contributed by atoms with Crippen molar-refractivity contribution in [1.82, 2.24) is 0 Å². The highest BCUT2D eigenvalue weighted by Crippen LogP contribution is 2.17. The Morgan fingerprint density at radius 1 is 1.11 bits per heavy atom. The summed E-state index contributed by atoms with van der Waals surface area (Å²) in [6.45, 7) is 1.83. The number of benzene rings is 2. The van der Waals surface area contributed by atoms with Crippen molar-refractivity contribution in [3.63, 3.8) is 0 Å². The summed E-state index contributed by atoms with van der Waals surface area (Å²) < 4.78 is 13.6. The van der Waals surface area contributed by atoms with Crippen LogP contribution in [-0.2, 0) is 0 Å². The molecule has 0 unspecified atom stereocenters. The molecule has 19 heavy (non-hydrogen) atoms. The number of hydrogen-bond acceptors (Lipinski definition) is 1. The smallest absolute Gasteiger partial charge is 0.175 e. The summed E-state index contributed by atoms with van der Waals surface area (Å²) in [5.41, 5.74) is 1.99. The van der Waals surface area contributed by atoms with Crippen molar-refractivity contribution < 1.29 is 4.39 Å². The number of thiocarbonyl (C=S) groups is 1. The fourth-order valence-electron chi connectivity index (χ4n) is 1.54. The molecule has 2 nitrogen and oxygen atoms in total. The van der Waals surface area contributed by atoms with Crippen molar-refractivity contribution in [3.8, 4) is 0 Å². The maximum absolute atomic E-state index is 13.6. The second-order valence-corrected chi connectivity index (χ2v) is 4.91. The summed E-state index contributed by atoms with van der Waals surface area (Å²) in [4.78, 5) is 0. The lowest BCUT2D eigenvalue weighted by molar-refractivity contribution is 0.631. The maximum atomic E-state index is 13.6. The molecule has 0 saturated heterocycles. The summed E-state index contributed by atoms with van der Waals surface area (Å²) in [6, 6.07) is 12.0. The molecule has 0 spiro atoms. The van der Waals surface area contributed by atoms with E-state index in [4.69, 9.17) is 23.8 Å². The quantitative estimate of drug-likeness (QED) is 0.792. The minimum atomic E-state index is -0.333. The van der Waals surface area contributed by atoms with Gasteiger partial charge in [0.1, 0.15) is 5.82 Å². The van der Waals surface area contributed by atoms with Gasteiger partial charge in [-0.2, -0.15) is 0 Å². The fourth-order valence-corrected chi connectivity index (χ4v) is 1.89. The number of halogens is 2. The van der Waals surface area contributed by atoms with E-state index in [0.29, 0.717) is 15.8 Å². The predicted molar refractivity (Wildman–Crippen MR) is 82.4 cm³/mol. The zero-order valence-corrected chi connectivity index (χ0v) is 11.8. The molecule has 0 bridgehead atoms. The van der Waals surface area contributed by atoms with E-state index in [2.05, 4.69) is 10.6 Å². The third kappa shape index (κ3) is 3.91. The Balaban J connectivity index is 2.03. The van der Waals surface area contributed by atoms with E-state index in [1.165, 1.54) is 6.07 Å². The van der Waals surface area contributed by atoms with Gasteiger partial charge in [0.25, 0.3) is 0 Å². The minimum Gasteiger partial charge on any atom is -0.332 e. The van der Waals surface area contributed by atoms with Crippen LogP contribution in [0.15, 0.2) is 42.5 Å². The van der Waals surface area contributed by atoms with Crippen LogP contribution in [0.5, 0.6) is 0 Å². The van der Waals surface area contributed by atoms with Crippen molar-refractivity contribution in [2.45, 2.75) is 6.92 Å². The third-order valence-corrected chi connectivity index (χ3v) is 2.93. The number of anilines is 2. The van der Waals surface area contributed by atoms with Crippen LogP contribution in [0.2, 0.25) is 5.02 Å². The lowest BCUT2D eigenvalue weighted by atomic mass is 10.2. The average molecular weight is 295 g/mol. The van der Waals surface area contributed by atoms with Gasteiger partial charge in [0.05, 0.1) is 5.69 Å². The van der Waals surface area contributed by atoms with E-state index < -0.39 is 0 Å². The Morgan fingerprint density at radius 3 is 2.42 bits per heavy atom. The van der Waals surface area contributed by atoms with Gasteiger partial charge in [-0.15, -0.1) is 0 Å². The van der Waals surface area contributed by atoms with Gasteiger partial charge in [0.15, 0.2) is 5.11 Å².